The molecule has 0 bridgehead atoms. The van der Waals surface area contributed by atoms with E-state index in [1.807, 2.05) is 26.2 Å². The lowest BCUT2D eigenvalue weighted by molar-refractivity contribution is -0.0355. The summed E-state index contributed by atoms with van der Waals surface area (Å²) in [5.41, 5.74) is 0. The number of ether oxygens (including phenoxy) is 2. The van der Waals surface area contributed by atoms with Crippen LogP contribution in [0.4, 0.5) is 4.53 Å². The van der Waals surface area contributed by atoms with Gasteiger partial charge in [-0.15, -0.1) is 0 Å². The molecule has 0 saturated heterocycles. The molecular formula is C18H42FO6PSi2. The van der Waals surface area contributed by atoms with Crippen molar-refractivity contribution in [2.75, 3.05) is 26.4 Å². The first-order valence-corrected chi connectivity index (χ1v) is 18.3. The zero-order valence-corrected chi connectivity index (χ0v) is 21.7. The van der Waals surface area contributed by atoms with Gasteiger partial charge in [-0.2, -0.15) is 0 Å². The second kappa shape index (κ2) is 15.2. The van der Waals surface area contributed by atoms with Crippen molar-refractivity contribution in [2.24, 2.45) is 0 Å². The Bertz CT molecular complexity index is 406. The van der Waals surface area contributed by atoms with Gasteiger partial charge in [0.2, 0.25) is 16.6 Å². The minimum atomic E-state index is -4.20. The smallest absolute Gasteiger partial charge is 0.381 e. The zero-order chi connectivity index (χ0) is 21.5. The maximum absolute atomic E-state index is 13.1. The van der Waals surface area contributed by atoms with Crippen molar-refractivity contribution in [1.29, 1.82) is 0 Å². The number of rotatable bonds is 19. The minimum absolute atomic E-state index is 0.625. The summed E-state index contributed by atoms with van der Waals surface area (Å²) in [4.78, 5) is 0. The first-order valence-electron chi connectivity index (χ1n) is 10.6. The summed E-state index contributed by atoms with van der Waals surface area (Å²) in [6.45, 7) is 14.5. The Kier molecular flexibility index (Phi) is 15.4. The predicted molar refractivity (Wildman–Crippen MR) is 117 cm³/mol. The normalized spacial score (nSPS) is 13.2. The molecule has 28 heavy (non-hydrogen) atoms. The molecule has 170 valence electrons. The molecule has 0 unspecified atom stereocenters. The summed E-state index contributed by atoms with van der Waals surface area (Å²) in [6.07, 6.45) is 5.85. The van der Waals surface area contributed by atoms with Crippen LogP contribution in [0.15, 0.2) is 0 Å². The van der Waals surface area contributed by atoms with Crippen molar-refractivity contribution in [3.63, 3.8) is 0 Å². The average molecular weight is 461 g/mol. The van der Waals surface area contributed by atoms with Crippen molar-refractivity contribution < 1.29 is 31.7 Å². The van der Waals surface area contributed by atoms with Gasteiger partial charge in [0.1, 0.15) is 0 Å². The van der Waals surface area contributed by atoms with Gasteiger partial charge in [0.05, 0.1) is 0 Å². The van der Waals surface area contributed by atoms with E-state index in [9.17, 15) is 9.09 Å². The Morgan fingerprint density at radius 2 is 1.07 bits per heavy atom. The highest BCUT2D eigenvalue weighted by Crippen LogP contribution is 2.55. The van der Waals surface area contributed by atoms with Crippen molar-refractivity contribution in [2.45, 2.75) is 90.6 Å². The number of hydrogen-bond acceptors (Lipinski definition) is 6. The monoisotopic (exact) mass is 460 g/mol. The number of halogens is 1. The Morgan fingerprint density at radius 1 is 0.714 bits per heavy atom. The minimum Gasteiger partial charge on any atom is -0.381 e. The Morgan fingerprint density at radius 3 is 1.39 bits per heavy atom. The standard InChI is InChI=1S/C18H42FO6PSi2/c1-7-9-13-21-15-11-17-27(3,4)24-26(20,23-19)25-28(5,6)18-12-16-22-14-10-8-2/h7-18H2,1-6H3. The van der Waals surface area contributed by atoms with Gasteiger partial charge < -0.3 is 17.9 Å². The molecule has 6 nitrogen and oxygen atoms in total. The summed E-state index contributed by atoms with van der Waals surface area (Å²) < 4.78 is 51.9. The molecule has 0 fully saturated rings. The summed E-state index contributed by atoms with van der Waals surface area (Å²) >= 11 is 0. The van der Waals surface area contributed by atoms with Crippen LogP contribution in [0.3, 0.4) is 0 Å². The van der Waals surface area contributed by atoms with E-state index in [-0.39, 0.29) is 0 Å². The van der Waals surface area contributed by atoms with E-state index in [0.29, 0.717) is 25.3 Å². The second-order valence-corrected chi connectivity index (χ2v) is 18.9. The fourth-order valence-electron chi connectivity index (χ4n) is 2.64. The molecule has 0 aliphatic rings. The SMILES string of the molecule is CCCCOCCC[Si](C)(C)OP(=O)(OF)O[Si](C)(C)CCCOCCCC. The molecular weight excluding hydrogens is 418 g/mol. The largest absolute Gasteiger partial charge is 0.486 e. The van der Waals surface area contributed by atoms with Crippen molar-refractivity contribution in [3.05, 3.63) is 0 Å². The van der Waals surface area contributed by atoms with E-state index in [1.165, 1.54) is 0 Å². The maximum Gasteiger partial charge on any atom is 0.486 e. The molecule has 0 aliphatic heterocycles. The molecule has 10 heteroatoms. The van der Waals surface area contributed by atoms with E-state index < -0.39 is 24.5 Å². The van der Waals surface area contributed by atoms with Crippen molar-refractivity contribution >= 4 is 24.5 Å². The molecule has 0 aromatic heterocycles. The summed E-state index contributed by atoms with van der Waals surface area (Å²) in [6, 6.07) is 1.40. The van der Waals surface area contributed by atoms with E-state index in [0.717, 1.165) is 51.7 Å². The van der Waals surface area contributed by atoms with E-state index in [4.69, 9.17) is 17.9 Å². The molecule has 0 aromatic rings. The third-order valence-corrected chi connectivity index (χ3v) is 13.2. The number of unbranched alkanes of at least 4 members (excludes halogenated alkanes) is 2. The van der Waals surface area contributed by atoms with Crippen LogP contribution in [0.2, 0.25) is 38.3 Å². The van der Waals surface area contributed by atoms with Gasteiger partial charge in [0, 0.05) is 26.4 Å². The van der Waals surface area contributed by atoms with E-state index >= 15 is 0 Å². The summed E-state index contributed by atoms with van der Waals surface area (Å²) in [5.74, 6) is 0. The lowest BCUT2D eigenvalue weighted by atomic mass is 10.4. The third kappa shape index (κ3) is 15.3. The fraction of sp³-hybridized carbons (Fsp3) is 1.00. The fourth-order valence-corrected chi connectivity index (χ4v) is 10.9. The molecule has 0 N–H and O–H groups in total. The van der Waals surface area contributed by atoms with Gasteiger partial charge in [0.25, 0.3) is 0 Å². The van der Waals surface area contributed by atoms with Crippen LogP contribution in [0.5, 0.6) is 0 Å². The van der Waals surface area contributed by atoms with Crippen LogP contribution < -0.4 is 0 Å². The highest BCUT2D eigenvalue weighted by Gasteiger charge is 2.42. The van der Waals surface area contributed by atoms with Gasteiger partial charge >= 0.3 is 7.82 Å². The lowest BCUT2D eigenvalue weighted by Crippen LogP contribution is -2.34. The Labute approximate surface area is 173 Å². The van der Waals surface area contributed by atoms with Crippen molar-refractivity contribution in [3.8, 4) is 0 Å². The average Bonchev–Trinajstić information content (AvgIpc) is 2.60. The predicted octanol–water partition coefficient (Wildman–Crippen LogP) is 6.85. The van der Waals surface area contributed by atoms with Crippen molar-refractivity contribution in [1.82, 2.24) is 0 Å². The first kappa shape index (κ1) is 28.4. The van der Waals surface area contributed by atoms with Gasteiger partial charge in [0.15, 0.2) is 0 Å². The van der Waals surface area contributed by atoms with Crippen LogP contribution in [-0.2, 0) is 27.2 Å². The topological polar surface area (TPSA) is 63.2 Å². The van der Waals surface area contributed by atoms with E-state index in [2.05, 4.69) is 18.6 Å². The molecule has 0 rings (SSSR count). The van der Waals surface area contributed by atoms with Crippen LogP contribution in [0.25, 0.3) is 0 Å². The van der Waals surface area contributed by atoms with E-state index in [1.54, 1.807) is 0 Å². The Balaban J connectivity index is 4.39. The molecule has 0 aromatic carbocycles. The molecule has 0 radical (unpaired) electrons. The number of hydrogen-bond donors (Lipinski definition) is 0. The third-order valence-electron chi connectivity index (χ3n) is 4.22. The van der Waals surface area contributed by atoms with Crippen LogP contribution in [0, 0.1) is 0 Å². The van der Waals surface area contributed by atoms with Crippen LogP contribution in [-0.4, -0.2) is 43.1 Å². The highest BCUT2D eigenvalue weighted by molar-refractivity contribution is 7.52. The quantitative estimate of drug-likeness (QED) is 0.119. The van der Waals surface area contributed by atoms with Gasteiger partial charge in [-0.25, -0.2) is 4.57 Å². The van der Waals surface area contributed by atoms with Crippen LogP contribution >= 0.6 is 7.82 Å². The first-order chi connectivity index (χ1) is 13.1. The molecule has 0 amide bonds. The van der Waals surface area contributed by atoms with Gasteiger partial charge in [-0.05, 0) is 68.5 Å². The highest BCUT2D eigenvalue weighted by atomic mass is 31.2. The summed E-state index contributed by atoms with van der Waals surface area (Å²) in [5, 5.41) is 0. The molecule has 0 atom stereocenters. The lowest BCUT2D eigenvalue weighted by Gasteiger charge is -2.31. The van der Waals surface area contributed by atoms with Gasteiger partial charge in [-0.3, -0.25) is 0 Å². The Hall–Kier alpha value is 0.394. The number of phosphoric acid groups is 1. The molecule has 0 aliphatic carbocycles. The molecule has 0 saturated carbocycles. The second-order valence-electron chi connectivity index (χ2n) is 8.36. The van der Waals surface area contributed by atoms with Gasteiger partial charge in [-0.1, -0.05) is 31.4 Å². The molecule has 0 spiro atoms. The maximum atomic E-state index is 13.1. The summed E-state index contributed by atoms with van der Waals surface area (Å²) in [7, 11) is -9.03. The zero-order valence-electron chi connectivity index (χ0n) is 18.8. The van der Waals surface area contributed by atoms with Crippen LogP contribution in [0.1, 0.15) is 52.4 Å². The molecule has 0 heterocycles.